The molecule has 1 aliphatic carbocycles. The minimum absolute atomic E-state index is 0.0659. The van der Waals surface area contributed by atoms with E-state index in [1.165, 1.54) is 11.3 Å². The van der Waals surface area contributed by atoms with Gasteiger partial charge in [-0.15, -0.1) is 11.3 Å². The van der Waals surface area contributed by atoms with Crippen LogP contribution < -0.4 is 0 Å². The van der Waals surface area contributed by atoms with Crippen LogP contribution in [0.3, 0.4) is 0 Å². The van der Waals surface area contributed by atoms with Gasteiger partial charge in [-0.05, 0) is 29.7 Å². The Balaban J connectivity index is 2.08. The maximum Gasteiger partial charge on any atom is 0.358 e. The van der Waals surface area contributed by atoms with Gasteiger partial charge in [-0.1, -0.05) is 26.3 Å². The molecule has 2 aromatic rings. The second-order valence-electron chi connectivity index (χ2n) is 5.95. The van der Waals surface area contributed by atoms with Crippen molar-refractivity contribution >= 4 is 17.3 Å². The van der Waals surface area contributed by atoms with E-state index in [1.807, 2.05) is 17.5 Å². The summed E-state index contributed by atoms with van der Waals surface area (Å²) in [6.45, 7) is 4.34. The number of hydrogen-bond donors (Lipinski definition) is 1. The fourth-order valence-corrected chi connectivity index (χ4v) is 3.69. The quantitative estimate of drug-likeness (QED) is 0.910. The van der Waals surface area contributed by atoms with Crippen LogP contribution in [0.4, 0.5) is 0 Å². The molecule has 0 bridgehead atoms. The van der Waals surface area contributed by atoms with Gasteiger partial charge in [-0.3, -0.25) is 0 Å². The maximum absolute atomic E-state index is 11.5. The van der Waals surface area contributed by atoms with Gasteiger partial charge in [0.05, 0.1) is 4.88 Å². The molecule has 5 heteroatoms. The van der Waals surface area contributed by atoms with Crippen molar-refractivity contribution in [1.82, 2.24) is 4.98 Å². The summed E-state index contributed by atoms with van der Waals surface area (Å²) in [5.74, 6) is 0.0996. The molecule has 1 unspecified atom stereocenters. The van der Waals surface area contributed by atoms with Crippen molar-refractivity contribution in [2.45, 2.75) is 39.0 Å². The summed E-state index contributed by atoms with van der Waals surface area (Å²) in [7, 11) is 0. The number of rotatable bonds is 3. The summed E-state index contributed by atoms with van der Waals surface area (Å²) in [6, 6.07) is 3.80. The second kappa shape index (κ2) is 4.74. The highest BCUT2D eigenvalue weighted by molar-refractivity contribution is 7.13. The smallest absolute Gasteiger partial charge is 0.358 e. The van der Waals surface area contributed by atoms with Gasteiger partial charge >= 0.3 is 5.97 Å². The lowest BCUT2D eigenvalue weighted by atomic mass is 9.80. The van der Waals surface area contributed by atoms with E-state index in [2.05, 4.69) is 18.8 Å². The average Bonchev–Trinajstić information content (AvgIpc) is 3.05. The minimum Gasteiger partial charge on any atom is -0.476 e. The highest BCUT2D eigenvalue weighted by Gasteiger charge is 2.41. The van der Waals surface area contributed by atoms with Crippen molar-refractivity contribution in [3.8, 4) is 10.8 Å². The molecular formula is C15H17NO3S. The Kier molecular flexibility index (Phi) is 3.17. The molecule has 4 nitrogen and oxygen atoms in total. The number of aromatic carboxylic acids is 1. The van der Waals surface area contributed by atoms with Crippen LogP contribution in [0.5, 0.6) is 0 Å². The normalized spacial score (nSPS) is 21.2. The summed E-state index contributed by atoms with van der Waals surface area (Å²) in [5.41, 5.74) is 0.143. The summed E-state index contributed by atoms with van der Waals surface area (Å²) >= 11 is 1.50. The van der Waals surface area contributed by atoms with Crippen LogP contribution in [-0.4, -0.2) is 16.1 Å². The Morgan fingerprint density at radius 2 is 2.35 bits per heavy atom. The van der Waals surface area contributed by atoms with E-state index < -0.39 is 5.97 Å². The molecule has 2 aromatic heterocycles. The van der Waals surface area contributed by atoms with Gasteiger partial charge < -0.3 is 9.52 Å². The van der Waals surface area contributed by atoms with Crippen LogP contribution in [-0.2, 0) is 0 Å². The van der Waals surface area contributed by atoms with Gasteiger partial charge in [-0.2, -0.15) is 0 Å². The monoisotopic (exact) mass is 291 g/mol. The maximum atomic E-state index is 11.5. The van der Waals surface area contributed by atoms with Crippen LogP contribution in [0.1, 0.15) is 55.3 Å². The van der Waals surface area contributed by atoms with Gasteiger partial charge in [-0.25, -0.2) is 9.78 Å². The molecule has 1 saturated carbocycles. The Hall–Kier alpha value is -1.62. The van der Waals surface area contributed by atoms with Crippen molar-refractivity contribution in [1.29, 1.82) is 0 Å². The molecule has 0 aliphatic heterocycles. The number of hydrogen-bond acceptors (Lipinski definition) is 4. The van der Waals surface area contributed by atoms with Gasteiger partial charge in [0, 0.05) is 5.92 Å². The summed E-state index contributed by atoms with van der Waals surface area (Å²) in [4.78, 5) is 16.5. The van der Waals surface area contributed by atoms with Crippen molar-refractivity contribution in [3.63, 3.8) is 0 Å². The molecule has 0 spiro atoms. The Morgan fingerprint density at radius 3 is 2.90 bits per heavy atom. The first kappa shape index (κ1) is 13.4. The highest BCUT2D eigenvalue weighted by atomic mass is 32.1. The van der Waals surface area contributed by atoms with Crippen molar-refractivity contribution in [3.05, 3.63) is 29.0 Å². The lowest BCUT2D eigenvalue weighted by Gasteiger charge is -2.25. The zero-order chi connectivity index (χ0) is 14.3. The fraction of sp³-hybridized carbons (Fsp3) is 0.467. The molecule has 0 aromatic carbocycles. The summed E-state index contributed by atoms with van der Waals surface area (Å²) < 4.78 is 5.86. The van der Waals surface area contributed by atoms with Gasteiger partial charge in [0.1, 0.15) is 5.76 Å². The van der Waals surface area contributed by atoms with Crippen molar-refractivity contribution < 1.29 is 14.3 Å². The van der Waals surface area contributed by atoms with Crippen molar-refractivity contribution in [2.24, 2.45) is 5.41 Å². The lowest BCUT2D eigenvalue weighted by Crippen LogP contribution is -2.17. The number of thiophene rings is 1. The highest BCUT2D eigenvalue weighted by Crippen LogP contribution is 2.50. The molecule has 0 saturated heterocycles. The first-order chi connectivity index (χ1) is 9.49. The Morgan fingerprint density at radius 1 is 1.55 bits per heavy atom. The molecule has 1 fully saturated rings. The van der Waals surface area contributed by atoms with Crippen LogP contribution >= 0.6 is 11.3 Å². The number of oxazole rings is 1. The fourth-order valence-electron chi connectivity index (χ4n) is 3.04. The molecular weight excluding hydrogens is 274 g/mol. The predicted octanol–water partition coefficient (Wildman–Crippen LogP) is 4.40. The number of aromatic nitrogens is 1. The summed E-state index contributed by atoms with van der Waals surface area (Å²) in [6.07, 6.45) is 3.16. The largest absolute Gasteiger partial charge is 0.476 e. The first-order valence-electron chi connectivity index (χ1n) is 6.77. The first-order valence-corrected chi connectivity index (χ1v) is 7.65. The average molecular weight is 291 g/mol. The lowest BCUT2D eigenvalue weighted by molar-refractivity contribution is 0.0686. The zero-order valence-corrected chi connectivity index (χ0v) is 12.4. The standard InChI is InChI=1S/C15H17NO3S/c1-15(2)7-3-5-9(15)12-11(14(17)18)16-13(19-12)10-6-4-8-20-10/h4,6,8-9H,3,5,7H2,1-2H3,(H,17,18). The van der Waals surface area contributed by atoms with Gasteiger partial charge in [0.15, 0.2) is 5.69 Å². The zero-order valence-electron chi connectivity index (χ0n) is 11.5. The molecule has 2 heterocycles. The van der Waals surface area contributed by atoms with E-state index in [4.69, 9.17) is 4.42 Å². The van der Waals surface area contributed by atoms with Crippen LogP contribution in [0.25, 0.3) is 10.8 Å². The molecule has 1 aliphatic rings. The van der Waals surface area contributed by atoms with Crippen LogP contribution in [0.2, 0.25) is 0 Å². The van der Waals surface area contributed by atoms with E-state index >= 15 is 0 Å². The molecule has 3 rings (SSSR count). The topological polar surface area (TPSA) is 63.3 Å². The summed E-state index contributed by atoms with van der Waals surface area (Å²) in [5, 5.41) is 11.3. The van der Waals surface area contributed by atoms with E-state index in [0.29, 0.717) is 11.7 Å². The van der Waals surface area contributed by atoms with Crippen molar-refractivity contribution in [2.75, 3.05) is 0 Å². The molecule has 1 atom stereocenters. The molecule has 1 N–H and O–H groups in total. The van der Waals surface area contributed by atoms with Crippen LogP contribution in [0, 0.1) is 5.41 Å². The van der Waals surface area contributed by atoms with E-state index in [0.717, 1.165) is 24.1 Å². The second-order valence-corrected chi connectivity index (χ2v) is 6.90. The third kappa shape index (κ3) is 2.16. The minimum atomic E-state index is -1.01. The number of carboxylic acid groups (broad SMARTS) is 1. The van der Waals surface area contributed by atoms with Gasteiger partial charge in [0.25, 0.3) is 0 Å². The molecule has 20 heavy (non-hydrogen) atoms. The SMILES string of the molecule is CC1(C)CCCC1c1oc(-c2cccs2)nc1C(=O)O. The molecule has 106 valence electrons. The Bertz CT molecular complexity index is 628. The van der Waals surface area contributed by atoms with Crippen LogP contribution in [0.15, 0.2) is 21.9 Å². The Labute approximate surface area is 121 Å². The number of carboxylic acids is 1. The third-order valence-electron chi connectivity index (χ3n) is 4.16. The molecule has 0 radical (unpaired) electrons. The van der Waals surface area contributed by atoms with E-state index in [9.17, 15) is 9.90 Å². The number of nitrogens with zero attached hydrogens (tertiary/aromatic N) is 1. The number of carbonyl (C=O) groups is 1. The molecule has 0 amide bonds. The van der Waals surface area contributed by atoms with Gasteiger partial charge in [0.2, 0.25) is 5.89 Å². The third-order valence-corrected chi connectivity index (χ3v) is 5.02. The van der Waals surface area contributed by atoms with E-state index in [1.54, 1.807) is 0 Å². The van der Waals surface area contributed by atoms with E-state index in [-0.39, 0.29) is 17.0 Å². The predicted molar refractivity (Wildman–Crippen MR) is 77.1 cm³/mol.